The Morgan fingerprint density at radius 1 is 1.07 bits per heavy atom. The number of halogens is 1. The summed E-state index contributed by atoms with van der Waals surface area (Å²) < 4.78 is 25.3. The Kier molecular flexibility index (Phi) is 5.26. The second kappa shape index (κ2) is 7.61. The molecule has 0 N–H and O–H groups in total. The highest BCUT2D eigenvalue weighted by Crippen LogP contribution is 2.33. The summed E-state index contributed by atoms with van der Waals surface area (Å²) in [4.78, 5) is 17.2. The van der Waals surface area contributed by atoms with Crippen LogP contribution in [-0.4, -0.2) is 32.2 Å². The van der Waals surface area contributed by atoms with Gasteiger partial charge in [0.15, 0.2) is 11.5 Å². The zero-order chi connectivity index (χ0) is 19.6. The van der Waals surface area contributed by atoms with Crippen molar-refractivity contribution >= 4 is 22.5 Å². The van der Waals surface area contributed by atoms with Crippen LogP contribution in [-0.2, 0) is 11.2 Å². The van der Waals surface area contributed by atoms with Gasteiger partial charge < -0.3 is 14.4 Å². The van der Waals surface area contributed by atoms with Crippen LogP contribution in [0.1, 0.15) is 18.1 Å². The molecule has 2 aromatic carbocycles. The van der Waals surface area contributed by atoms with Crippen molar-refractivity contribution in [3.8, 4) is 11.5 Å². The predicted molar refractivity (Wildman–Crippen MR) is 103 cm³/mol. The van der Waals surface area contributed by atoms with Crippen molar-refractivity contribution in [1.29, 1.82) is 0 Å². The molecule has 0 aliphatic carbocycles. The average molecular weight is 368 g/mol. The van der Waals surface area contributed by atoms with Crippen LogP contribution in [0.2, 0.25) is 0 Å². The summed E-state index contributed by atoms with van der Waals surface area (Å²) in [7, 11) is 4.76. The van der Waals surface area contributed by atoms with Gasteiger partial charge in [-0.05, 0) is 35.4 Å². The van der Waals surface area contributed by atoms with Crippen molar-refractivity contribution in [3.05, 3.63) is 59.5 Å². The molecular formula is C21H21FN2O3. The molecule has 1 aromatic heterocycles. The molecule has 0 spiro atoms. The maximum absolute atomic E-state index is 14.6. The number of hydrogen-bond acceptors (Lipinski definition) is 4. The number of aromatic nitrogens is 1. The summed E-state index contributed by atoms with van der Waals surface area (Å²) in [6.45, 7) is 1.44. The van der Waals surface area contributed by atoms with Crippen molar-refractivity contribution < 1.29 is 18.7 Å². The van der Waals surface area contributed by atoms with Gasteiger partial charge in [0.25, 0.3) is 0 Å². The lowest BCUT2D eigenvalue weighted by Gasteiger charge is -2.16. The van der Waals surface area contributed by atoms with E-state index in [4.69, 9.17) is 9.47 Å². The minimum Gasteiger partial charge on any atom is -0.493 e. The summed E-state index contributed by atoms with van der Waals surface area (Å²) >= 11 is 0. The highest BCUT2D eigenvalue weighted by Gasteiger charge is 2.13. The zero-order valence-electron chi connectivity index (χ0n) is 15.7. The Balaban J connectivity index is 2.00. The number of amides is 1. The first-order valence-electron chi connectivity index (χ1n) is 8.47. The van der Waals surface area contributed by atoms with Crippen LogP contribution in [0, 0.1) is 5.82 Å². The predicted octanol–water partition coefficient (Wildman–Crippen LogP) is 3.96. The topological polar surface area (TPSA) is 51.7 Å². The fourth-order valence-corrected chi connectivity index (χ4v) is 2.96. The standard InChI is InChI=1S/C21H21FN2O3/c1-13(25)24(2)16-6-5-15(18(22)10-16)9-14-7-8-23-19-12-21(27-4)20(26-3)11-17(14)19/h5-8,10-12H,9H2,1-4H3. The molecule has 3 aromatic rings. The first-order chi connectivity index (χ1) is 12.9. The van der Waals surface area contributed by atoms with Gasteiger partial charge >= 0.3 is 0 Å². The molecule has 1 heterocycles. The van der Waals surface area contributed by atoms with E-state index in [0.717, 1.165) is 16.5 Å². The van der Waals surface area contributed by atoms with E-state index in [1.54, 1.807) is 45.7 Å². The first kappa shape index (κ1) is 18.6. The number of methoxy groups -OCH3 is 2. The molecule has 27 heavy (non-hydrogen) atoms. The summed E-state index contributed by atoms with van der Waals surface area (Å²) in [5, 5.41) is 0.875. The molecule has 0 saturated heterocycles. The number of fused-ring (bicyclic) bond motifs is 1. The van der Waals surface area contributed by atoms with Crippen molar-refractivity contribution in [2.45, 2.75) is 13.3 Å². The Morgan fingerprint density at radius 3 is 2.41 bits per heavy atom. The van der Waals surface area contributed by atoms with Crippen LogP contribution < -0.4 is 14.4 Å². The summed E-state index contributed by atoms with van der Waals surface area (Å²) in [5.41, 5.74) is 2.73. The maximum Gasteiger partial charge on any atom is 0.223 e. The number of carbonyl (C=O) groups excluding carboxylic acids is 1. The summed E-state index contributed by atoms with van der Waals surface area (Å²) in [6, 6.07) is 10.3. The SMILES string of the molecule is COc1cc2nccc(Cc3ccc(N(C)C(C)=O)cc3F)c2cc1OC. The third kappa shape index (κ3) is 3.69. The van der Waals surface area contributed by atoms with E-state index in [1.165, 1.54) is 17.9 Å². The number of pyridine rings is 1. The van der Waals surface area contributed by atoms with Crippen LogP contribution >= 0.6 is 0 Å². The van der Waals surface area contributed by atoms with Crippen molar-refractivity contribution in [3.63, 3.8) is 0 Å². The maximum atomic E-state index is 14.6. The molecular weight excluding hydrogens is 347 g/mol. The molecule has 140 valence electrons. The van der Waals surface area contributed by atoms with Crippen LogP contribution in [0.5, 0.6) is 11.5 Å². The molecule has 0 fully saturated rings. The molecule has 5 nitrogen and oxygen atoms in total. The van der Waals surface area contributed by atoms with E-state index < -0.39 is 0 Å². The number of nitrogens with zero attached hydrogens (tertiary/aromatic N) is 2. The van der Waals surface area contributed by atoms with E-state index in [0.29, 0.717) is 29.2 Å². The normalized spacial score (nSPS) is 10.7. The van der Waals surface area contributed by atoms with Gasteiger partial charge in [-0.2, -0.15) is 0 Å². The van der Waals surface area contributed by atoms with Gasteiger partial charge in [0.05, 0.1) is 19.7 Å². The number of ether oxygens (including phenoxy) is 2. The van der Waals surface area contributed by atoms with Crippen molar-refractivity contribution in [1.82, 2.24) is 4.98 Å². The van der Waals surface area contributed by atoms with Crippen LogP contribution in [0.3, 0.4) is 0 Å². The fraction of sp³-hybridized carbons (Fsp3) is 0.238. The molecule has 0 aliphatic heterocycles. The highest BCUT2D eigenvalue weighted by molar-refractivity contribution is 5.91. The lowest BCUT2D eigenvalue weighted by atomic mass is 10.00. The number of carbonyl (C=O) groups is 1. The zero-order valence-corrected chi connectivity index (χ0v) is 15.7. The highest BCUT2D eigenvalue weighted by atomic mass is 19.1. The fourth-order valence-electron chi connectivity index (χ4n) is 2.96. The number of hydrogen-bond donors (Lipinski definition) is 0. The third-order valence-electron chi connectivity index (χ3n) is 4.61. The minimum absolute atomic E-state index is 0.150. The lowest BCUT2D eigenvalue weighted by molar-refractivity contribution is -0.116. The Hall–Kier alpha value is -3.15. The molecule has 0 saturated carbocycles. The minimum atomic E-state index is -0.356. The van der Waals surface area contributed by atoms with E-state index >= 15 is 0 Å². The molecule has 1 amide bonds. The smallest absolute Gasteiger partial charge is 0.223 e. The molecule has 0 bridgehead atoms. The van der Waals surface area contributed by atoms with Gasteiger partial charge in [-0.25, -0.2) is 4.39 Å². The van der Waals surface area contributed by atoms with E-state index in [9.17, 15) is 9.18 Å². The monoisotopic (exact) mass is 368 g/mol. The largest absolute Gasteiger partial charge is 0.493 e. The van der Waals surface area contributed by atoms with Gasteiger partial charge in [0.2, 0.25) is 5.91 Å². The molecule has 3 rings (SSSR count). The molecule has 0 aliphatic rings. The molecule has 0 unspecified atom stereocenters. The van der Waals surface area contributed by atoms with E-state index in [2.05, 4.69) is 4.98 Å². The Labute approximate surface area is 157 Å². The quantitative estimate of drug-likeness (QED) is 0.684. The van der Waals surface area contributed by atoms with Crippen LogP contribution in [0.4, 0.5) is 10.1 Å². The molecule has 6 heteroatoms. The Bertz CT molecular complexity index is 1000. The Morgan fingerprint density at radius 2 is 1.78 bits per heavy atom. The molecule has 0 radical (unpaired) electrons. The van der Waals surface area contributed by atoms with Gasteiger partial charge in [-0.1, -0.05) is 6.07 Å². The second-order valence-electron chi connectivity index (χ2n) is 6.22. The number of anilines is 1. The van der Waals surface area contributed by atoms with Gasteiger partial charge in [-0.15, -0.1) is 0 Å². The summed E-state index contributed by atoms with van der Waals surface area (Å²) in [5.74, 6) is 0.685. The van der Waals surface area contributed by atoms with Crippen LogP contribution in [0.15, 0.2) is 42.6 Å². The lowest BCUT2D eigenvalue weighted by Crippen LogP contribution is -2.22. The first-order valence-corrected chi connectivity index (χ1v) is 8.47. The van der Waals surface area contributed by atoms with Crippen molar-refractivity contribution in [2.75, 3.05) is 26.2 Å². The van der Waals surface area contributed by atoms with E-state index in [-0.39, 0.29) is 11.7 Å². The molecule has 0 atom stereocenters. The summed E-state index contributed by atoms with van der Waals surface area (Å²) in [6.07, 6.45) is 2.09. The van der Waals surface area contributed by atoms with Gasteiger partial charge in [0, 0.05) is 43.7 Å². The van der Waals surface area contributed by atoms with Gasteiger partial charge in [0.1, 0.15) is 5.82 Å². The second-order valence-corrected chi connectivity index (χ2v) is 6.22. The van der Waals surface area contributed by atoms with Crippen molar-refractivity contribution in [2.24, 2.45) is 0 Å². The van der Waals surface area contributed by atoms with Crippen LogP contribution in [0.25, 0.3) is 10.9 Å². The number of rotatable bonds is 5. The number of benzene rings is 2. The third-order valence-corrected chi connectivity index (χ3v) is 4.61. The average Bonchev–Trinajstić information content (AvgIpc) is 2.67. The van der Waals surface area contributed by atoms with Gasteiger partial charge in [-0.3, -0.25) is 9.78 Å². The van der Waals surface area contributed by atoms with E-state index in [1.807, 2.05) is 12.1 Å².